The molecular formula is C23H23NO. The normalized spacial score (nSPS) is 12.0. The summed E-state index contributed by atoms with van der Waals surface area (Å²) in [5.74, 6) is -0.188. The van der Waals surface area contributed by atoms with Crippen molar-refractivity contribution in [3.63, 3.8) is 0 Å². The van der Waals surface area contributed by atoms with Crippen LogP contribution in [0.5, 0.6) is 0 Å². The molecule has 0 aliphatic rings. The molecule has 0 fully saturated rings. The Morgan fingerprint density at radius 3 is 1.44 bits per heavy atom. The molecule has 0 radical (unpaired) electrons. The van der Waals surface area contributed by atoms with Gasteiger partial charge in [0.1, 0.15) is 0 Å². The molecule has 0 bridgehead atoms. The molecule has 0 aliphatic carbocycles. The fraction of sp³-hybridized carbons (Fsp3) is 0.174. The summed E-state index contributed by atoms with van der Waals surface area (Å²) in [6.45, 7) is 2.07. The van der Waals surface area contributed by atoms with Crippen molar-refractivity contribution < 1.29 is 4.79 Å². The predicted molar refractivity (Wildman–Crippen MR) is 102 cm³/mol. The van der Waals surface area contributed by atoms with Gasteiger partial charge in [-0.25, -0.2) is 0 Å². The quantitative estimate of drug-likeness (QED) is 0.642. The molecule has 126 valence electrons. The standard InChI is InChI=1S/C23H23NO/c1-18(19-12-6-3-7-13-19)24(2)23(25)22(20-14-8-4-9-15-20)21-16-10-5-11-17-21/h3-18,22H,1-2H3/t18-/m1/s1. The van der Waals surface area contributed by atoms with Crippen LogP contribution in [0.1, 0.15) is 35.6 Å². The van der Waals surface area contributed by atoms with Crippen LogP contribution in [0.4, 0.5) is 0 Å². The van der Waals surface area contributed by atoms with Gasteiger partial charge in [-0.3, -0.25) is 4.79 Å². The molecular weight excluding hydrogens is 306 g/mol. The van der Waals surface area contributed by atoms with Crippen molar-refractivity contribution >= 4 is 5.91 Å². The van der Waals surface area contributed by atoms with Crippen LogP contribution in [-0.4, -0.2) is 17.9 Å². The van der Waals surface area contributed by atoms with E-state index < -0.39 is 0 Å². The monoisotopic (exact) mass is 329 g/mol. The van der Waals surface area contributed by atoms with Crippen molar-refractivity contribution in [1.82, 2.24) is 4.90 Å². The lowest BCUT2D eigenvalue weighted by Gasteiger charge is -2.30. The number of carbonyl (C=O) groups is 1. The van der Waals surface area contributed by atoms with Crippen molar-refractivity contribution in [2.24, 2.45) is 0 Å². The predicted octanol–water partition coefficient (Wildman–Crippen LogP) is 5.04. The molecule has 3 rings (SSSR count). The fourth-order valence-electron chi connectivity index (χ4n) is 3.12. The fourth-order valence-corrected chi connectivity index (χ4v) is 3.12. The highest BCUT2D eigenvalue weighted by Gasteiger charge is 2.28. The number of carbonyl (C=O) groups excluding carboxylic acids is 1. The van der Waals surface area contributed by atoms with Crippen LogP contribution in [0, 0.1) is 0 Å². The number of nitrogens with zero attached hydrogens (tertiary/aromatic N) is 1. The molecule has 0 unspecified atom stereocenters. The zero-order valence-electron chi connectivity index (χ0n) is 14.7. The second kappa shape index (κ2) is 7.80. The smallest absolute Gasteiger partial charge is 0.234 e. The van der Waals surface area contributed by atoms with Crippen LogP contribution in [0.2, 0.25) is 0 Å². The molecule has 3 aromatic rings. The van der Waals surface area contributed by atoms with E-state index in [1.54, 1.807) is 0 Å². The Labute approximate surface area is 149 Å². The highest BCUT2D eigenvalue weighted by atomic mass is 16.2. The Bertz CT molecular complexity index is 760. The Morgan fingerprint density at radius 2 is 1.04 bits per heavy atom. The summed E-state index contributed by atoms with van der Waals surface area (Å²) in [4.78, 5) is 15.2. The first-order valence-electron chi connectivity index (χ1n) is 8.60. The zero-order valence-corrected chi connectivity index (χ0v) is 14.7. The summed E-state index contributed by atoms with van der Waals surface area (Å²) >= 11 is 0. The Morgan fingerprint density at radius 1 is 0.680 bits per heavy atom. The van der Waals surface area contributed by atoms with E-state index in [-0.39, 0.29) is 17.9 Å². The number of rotatable bonds is 5. The van der Waals surface area contributed by atoms with Gasteiger partial charge in [-0.1, -0.05) is 91.0 Å². The molecule has 3 aromatic carbocycles. The number of likely N-dealkylation sites (N-methyl/N-ethyl adjacent to an activating group) is 1. The van der Waals surface area contributed by atoms with Gasteiger partial charge in [-0.2, -0.15) is 0 Å². The third-order valence-corrected chi connectivity index (χ3v) is 4.72. The van der Waals surface area contributed by atoms with Gasteiger partial charge in [0.15, 0.2) is 0 Å². The zero-order chi connectivity index (χ0) is 17.6. The molecule has 0 heterocycles. The average molecular weight is 329 g/mol. The van der Waals surface area contributed by atoms with Crippen molar-refractivity contribution in [3.05, 3.63) is 108 Å². The van der Waals surface area contributed by atoms with Crippen molar-refractivity contribution in [2.45, 2.75) is 18.9 Å². The summed E-state index contributed by atoms with van der Waals surface area (Å²) in [5, 5.41) is 0. The van der Waals surface area contributed by atoms with E-state index >= 15 is 0 Å². The molecule has 0 spiro atoms. The molecule has 25 heavy (non-hydrogen) atoms. The molecule has 0 aliphatic heterocycles. The summed E-state index contributed by atoms with van der Waals surface area (Å²) in [6, 6.07) is 30.2. The molecule has 2 nitrogen and oxygen atoms in total. The number of benzene rings is 3. The lowest BCUT2D eigenvalue weighted by atomic mass is 9.89. The Hall–Kier alpha value is -2.87. The molecule has 0 saturated heterocycles. The minimum Gasteiger partial charge on any atom is -0.338 e. The van der Waals surface area contributed by atoms with Crippen LogP contribution in [0.3, 0.4) is 0 Å². The van der Waals surface area contributed by atoms with Gasteiger partial charge in [0.05, 0.1) is 12.0 Å². The second-order valence-electron chi connectivity index (χ2n) is 6.29. The third-order valence-electron chi connectivity index (χ3n) is 4.72. The third kappa shape index (κ3) is 3.80. The molecule has 1 atom stereocenters. The first kappa shape index (κ1) is 17.0. The van der Waals surface area contributed by atoms with E-state index in [0.717, 1.165) is 16.7 Å². The summed E-state index contributed by atoms with van der Waals surface area (Å²) < 4.78 is 0. The van der Waals surface area contributed by atoms with Crippen LogP contribution in [0.25, 0.3) is 0 Å². The molecule has 0 aromatic heterocycles. The van der Waals surface area contributed by atoms with Crippen LogP contribution >= 0.6 is 0 Å². The SMILES string of the molecule is C[C@H](c1ccccc1)N(C)C(=O)C(c1ccccc1)c1ccccc1. The topological polar surface area (TPSA) is 20.3 Å². The van der Waals surface area contributed by atoms with E-state index in [1.807, 2.05) is 90.8 Å². The lowest BCUT2D eigenvalue weighted by molar-refractivity contribution is -0.132. The van der Waals surface area contributed by atoms with Gasteiger partial charge in [0.25, 0.3) is 0 Å². The first-order chi connectivity index (χ1) is 12.2. The minimum atomic E-state index is -0.293. The summed E-state index contributed by atoms with van der Waals surface area (Å²) in [5.41, 5.74) is 3.18. The first-order valence-corrected chi connectivity index (χ1v) is 8.60. The van der Waals surface area contributed by atoms with E-state index in [1.165, 1.54) is 0 Å². The van der Waals surface area contributed by atoms with Gasteiger partial charge >= 0.3 is 0 Å². The molecule has 1 amide bonds. The second-order valence-corrected chi connectivity index (χ2v) is 6.29. The van der Waals surface area contributed by atoms with Crippen LogP contribution in [0.15, 0.2) is 91.0 Å². The maximum Gasteiger partial charge on any atom is 0.234 e. The average Bonchev–Trinajstić information content (AvgIpc) is 2.69. The maximum absolute atomic E-state index is 13.4. The number of hydrogen-bond acceptors (Lipinski definition) is 1. The summed E-state index contributed by atoms with van der Waals surface area (Å²) in [7, 11) is 1.89. The largest absolute Gasteiger partial charge is 0.338 e. The van der Waals surface area contributed by atoms with E-state index in [2.05, 4.69) is 19.1 Å². The maximum atomic E-state index is 13.4. The van der Waals surface area contributed by atoms with Gasteiger partial charge < -0.3 is 4.90 Å². The summed E-state index contributed by atoms with van der Waals surface area (Å²) in [6.07, 6.45) is 0. The van der Waals surface area contributed by atoms with E-state index in [4.69, 9.17) is 0 Å². The molecule has 2 heteroatoms. The van der Waals surface area contributed by atoms with Crippen LogP contribution in [-0.2, 0) is 4.79 Å². The number of hydrogen-bond donors (Lipinski definition) is 0. The lowest BCUT2D eigenvalue weighted by Crippen LogP contribution is -2.34. The highest BCUT2D eigenvalue weighted by Crippen LogP contribution is 2.29. The molecule has 0 N–H and O–H groups in total. The van der Waals surface area contributed by atoms with Crippen molar-refractivity contribution in [1.29, 1.82) is 0 Å². The highest BCUT2D eigenvalue weighted by molar-refractivity contribution is 5.87. The Balaban J connectivity index is 1.94. The van der Waals surface area contributed by atoms with Crippen LogP contribution < -0.4 is 0 Å². The minimum absolute atomic E-state index is 0.0172. The van der Waals surface area contributed by atoms with E-state index in [0.29, 0.717) is 0 Å². The van der Waals surface area contributed by atoms with E-state index in [9.17, 15) is 4.79 Å². The van der Waals surface area contributed by atoms with Crippen molar-refractivity contribution in [3.8, 4) is 0 Å². The van der Waals surface area contributed by atoms with Gasteiger partial charge in [0.2, 0.25) is 5.91 Å². The number of amides is 1. The van der Waals surface area contributed by atoms with Gasteiger partial charge in [0, 0.05) is 7.05 Å². The Kier molecular flexibility index (Phi) is 5.30. The molecule has 0 saturated carbocycles. The van der Waals surface area contributed by atoms with Gasteiger partial charge in [-0.15, -0.1) is 0 Å². The van der Waals surface area contributed by atoms with Gasteiger partial charge in [-0.05, 0) is 23.6 Å². The van der Waals surface area contributed by atoms with Crippen molar-refractivity contribution in [2.75, 3.05) is 7.05 Å².